The lowest BCUT2D eigenvalue weighted by molar-refractivity contribution is -0.127. The molecule has 0 bridgehead atoms. The summed E-state index contributed by atoms with van der Waals surface area (Å²) in [6.07, 6.45) is -2.90. The van der Waals surface area contributed by atoms with Gasteiger partial charge in [0.15, 0.2) is 0 Å². The summed E-state index contributed by atoms with van der Waals surface area (Å²) in [4.78, 5) is 1.83. The van der Waals surface area contributed by atoms with Crippen molar-refractivity contribution in [2.24, 2.45) is 0 Å². The lowest BCUT2D eigenvalue weighted by Gasteiger charge is -2.39. The summed E-state index contributed by atoms with van der Waals surface area (Å²) >= 11 is 0. The molecule has 2 rings (SSSR count). The van der Waals surface area contributed by atoms with Gasteiger partial charge in [0.2, 0.25) is 0 Å². The van der Waals surface area contributed by atoms with Gasteiger partial charge in [0.25, 0.3) is 0 Å². The molecule has 0 aliphatic carbocycles. The molecular formula is C8H15NO4. The summed E-state index contributed by atoms with van der Waals surface area (Å²) in [6, 6.07) is -0.201. The third-order valence-electron chi connectivity index (χ3n) is 2.99. The van der Waals surface area contributed by atoms with Gasteiger partial charge in [-0.15, -0.1) is 0 Å². The Kier molecular flexibility index (Phi) is 2.29. The topological polar surface area (TPSA) is 84.2 Å². The van der Waals surface area contributed by atoms with Crippen molar-refractivity contribution in [1.82, 2.24) is 4.90 Å². The van der Waals surface area contributed by atoms with E-state index in [4.69, 9.17) is 0 Å². The number of hydrogen-bond acceptors (Lipinski definition) is 5. The van der Waals surface area contributed by atoms with Crippen LogP contribution in [0, 0.1) is 0 Å². The lowest BCUT2D eigenvalue weighted by Crippen LogP contribution is -2.58. The zero-order valence-electron chi connectivity index (χ0n) is 7.24. The van der Waals surface area contributed by atoms with Crippen molar-refractivity contribution in [3.63, 3.8) is 0 Å². The monoisotopic (exact) mass is 189 g/mol. The molecule has 5 nitrogen and oxygen atoms in total. The molecule has 2 aliphatic rings. The second-order valence-electron chi connectivity index (χ2n) is 3.96. The van der Waals surface area contributed by atoms with Crippen LogP contribution in [0.15, 0.2) is 0 Å². The second kappa shape index (κ2) is 3.18. The fraction of sp³-hybridized carbons (Fsp3) is 1.00. The summed E-state index contributed by atoms with van der Waals surface area (Å²) in [7, 11) is 0. The van der Waals surface area contributed by atoms with Crippen LogP contribution in [-0.2, 0) is 0 Å². The van der Waals surface area contributed by atoms with Gasteiger partial charge in [-0.2, -0.15) is 0 Å². The SMILES string of the molecule is O[C@H]1C[C@@H]2[C@@H](O)[C@H](O)[C@@H](O)CN2C1. The molecule has 0 saturated carbocycles. The minimum absolute atomic E-state index is 0.201. The first-order valence-corrected chi connectivity index (χ1v) is 4.56. The molecule has 2 saturated heterocycles. The normalized spacial score (nSPS) is 52.2. The van der Waals surface area contributed by atoms with Gasteiger partial charge in [0.1, 0.15) is 6.10 Å². The molecule has 0 amide bonds. The van der Waals surface area contributed by atoms with Gasteiger partial charge in [-0.05, 0) is 6.42 Å². The fourth-order valence-corrected chi connectivity index (χ4v) is 2.28. The average molecular weight is 189 g/mol. The highest BCUT2D eigenvalue weighted by Gasteiger charge is 2.45. The van der Waals surface area contributed by atoms with Gasteiger partial charge in [0, 0.05) is 19.1 Å². The van der Waals surface area contributed by atoms with Crippen LogP contribution in [0.4, 0.5) is 0 Å². The summed E-state index contributed by atoms with van der Waals surface area (Å²) in [5.74, 6) is 0. The number of aliphatic hydroxyl groups excluding tert-OH is 4. The van der Waals surface area contributed by atoms with E-state index in [2.05, 4.69) is 0 Å². The minimum Gasteiger partial charge on any atom is -0.392 e. The smallest absolute Gasteiger partial charge is 0.108 e. The summed E-state index contributed by atoms with van der Waals surface area (Å²) in [6.45, 7) is 0.811. The average Bonchev–Trinajstić information content (AvgIpc) is 2.42. The molecule has 2 heterocycles. The van der Waals surface area contributed by atoms with E-state index in [9.17, 15) is 20.4 Å². The predicted octanol–water partition coefficient (Wildman–Crippen LogP) is -2.48. The Hall–Kier alpha value is -0.200. The molecule has 0 unspecified atom stereocenters. The van der Waals surface area contributed by atoms with Gasteiger partial charge in [-0.25, -0.2) is 0 Å². The highest BCUT2D eigenvalue weighted by Crippen LogP contribution is 2.27. The first kappa shape index (κ1) is 9.36. The van der Waals surface area contributed by atoms with E-state index < -0.39 is 24.4 Å². The Morgan fingerprint density at radius 1 is 0.923 bits per heavy atom. The summed E-state index contributed by atoms with van der Waals surface area (Å²) in [5, 5.41) is 37.6. The van der Waals surface area contributed by atoms with Crippen molar-refractivity contribution >= 4 is 0 Å². The van der Waals surface area contributed by atoms with E-state index in [0.717, 1.165) is 0 Å². The molecule has 0 radical (unpaired) electrons. The molecule has 5 atom stereocenters. The summed E-state index contributed by atoms with van der Waals surface area (Å²) < 4.78 is 0. The van der Waals surface area contributed by atoms with Gasteiger partial charge >= 0.3 is 0 Å². The Balaban J connectivity index is 2.11. The largest absolute Gasteiger partial charge is 0.392 e. The van der Waals surface area contributed by atoms with Gasteiger partial charge in [0.05, 0.1) is 18.3 Å². The number of hydrogen-bond donors (Lipinski definition) is 4. The molecule has 0 aromatic carbocycles. The van der Waals surface area contributed by atoms with Crippen LogP contribution in [0.25, 0.3) is 0 Å². The van der Waals surface area contributed by atoms with E-state index in [1.807, 2.05) is 4.90 Å². The number of rotatable bonds is 0. The third-order valence-corrected chi connectivity index (χ3v) is 2.99. The number of aliphatic hydroxyl groups is 4. The predicted molar refractivity (Wildman–Crippen MR) is 44.0 cm³/mol. The van der Waals surface area contributed by atoms with Gasteiger partial charge in [-0.3, -0.25) is 4.90 Å². The Morgan fingerprint density at radius 2 is 1.62 bits per heavy atom. The highest BCUT2D eigenvalue weighted by molar-refractivity contribution is 4.99. The van der Waals surface area contributed by atoms with E-state index in [1.165, 1.54) is 0 Å². The van der Waals surface area contributed by atoms with Crippen LogP contribution in [0.5, 0.6) is 0 Å². The Morgan fingerprint density at radius 3 is 2.31 bits per heavy atom. The number of piperidine rings is 1. The quantitative estimate of drug-likeness (QED) is 0.339. The van der Waals surface area contributed by atoms with Crippen LogP contribution in [0.2, 0.25) is 0 Å². The minimum atomic E-state index is -1.08. The van der Waals surface area contributed by atoms with Crippen LogP contribution < -0.4 is 0 Å². The molecule has 76 valence electrons. The fourth-order valence-electron chi connectivity index (χ4n) is 2.28. The van der Waals surface area contributed by atoms with Crippen molar-refractivity contribution in [3.05, 3.63) is 0 Å². The zero-order valence-corrected chi connectivity index (χ0v) is 7.24. The molecule has 0 spiro atoms. The van der Waals surface area contributed by atoms with Crippen molar-refractivity contribution in [2.75, 3.05) is 13.1 Å². The van der Waals surface area contributed by atoms with E-state index in [1.54, 1.807) is 0 Å². The third kappa shape index (κ3) is 1.47. The molecule has 4 N–H and O–H groups in total. The van der Waals surface area contributed by atoms with Gasteiger partial charge < -0.3 is 20.4 Å². The molecule has 5 heteroatoms. The van der Waals surface area contributed by atoms with Crippen LogP contribution in [-0.4, -0.2) is 68.9 Å². The first-order valence-electron chi connectivity index (χ1n) is 4.56. The van der Waals surface area contributed by atoms with Crippen LogP contribution >= 0.6 is 0 Å². The zero-order chi connectivity index (χ0) is 9.59. The molecule has 13 heavy (non-hydrogen) atoms. The molecule has 0 aromatic rings. The second-order valence-corrected chi connectivity index (χ2v) is 3.96. The van der Waals surface area contributed by atoms with Gasteiger partial charge in [-0.1, -0.05) is 0 Å². The molecule has 0 aromatic heterocycles. The lowest BCUT2D eigenvalue weighted by atomic mass is 9.94. The number of nitrogens with zero attached hydrogens (tertiary/aromatic N) is 1. The highest BCUT2D eigenvalue weighted by atomic mass is 16.4. The standard InChI is InChI=1S/C8H15NO4/c10-4-1-5-7(12)8(13)6(11)3-9(5)2-4/h4-8,10-13H,1-3H2/t4-,5+,6-,7+,8+/m0/s1. The molecular weight excluding hydrogens is 174 g/mol. The van der Waals surface area contributed by atoms with E-state index in [-0.39, 0.29) is 6.04 Å². The van der Waals surface area contributed by atoms with Crippen molar-refractivity contribution < 1.29 is 20.4 Å². The Bertz CT molecular complexity index is 199. The maximum Gasteiger partial charge on any atom is 0.108 e. The van der Waals surface area contributed by atoms with E-state index >= 15 is 0 Å². The number of fused-ring (bicyclic) bond motifs is 1. The molecule has 2 fully saturated rings. The maximum absolute atomic E-state index is 9.57. The Labute approximate surface area is 76.2 Å². The van der Waals surface area contributed by atoms with Crippen LogP contribution in [0.1, 0.15) is 6.42 Å². The summed E-state index contributed by atoms with van der Waals surface area (Å²) in [5.41, 5.74) is 0. The van der Waals surface area contributed by atoms with Crippen molar-refractivity contribution in [1.29, 1.82) is 0 Å². The first-order chi connectivity index (χ1) is 6.09. The van der Waals surface area contributed by atoms with Crippen LogP contribution in [0.3, 0.4) is 0 Å². The maximum atomic E-state index is 9.57. The van der Waals surface area contributed by atoms with E-state index in [0.29, 0.717) is 19.5 Å². The molecule has 2 aliphatic heterocycles. The van der Waals surface area contributed by atoms with Crippen molar-refractivity contribution in [2.45, 2.75) is 36.9 Å². The van der Waals surface area contributed by atoms with Crippen molar-refractivity contribution in [3.8, 4) is 0 Å².